The zero-order valence-corrected chi connectivity index (χ0v) is 43.0. The quantitative estimate of drug-likeness (QED) is 0.0391. The molecule has 24 nitrogen and oxygen atoms in total. The summed E-state index contributed by atoms with van der Waals surface area (Å²) in [6.07, 6.45) is 15.8. The molecule has 0 saturated carbocycles. The first-order valence-electron chi connectivity index (χ1n) is 25.9. The van der Waals surface area contributed by atoms with Gasteiger partial charge in [-0.2, -0.15) is 0 Å². The number of ether oxygens (including phenoxy) is 4. The molecule has 2 unspecified atom stereocenters. The van der Waals surface area contributed by atoms with E-state index in [9.17, 15) is 63.3 Å². The summed E-state index contributed by atoms with van der Waals surface area (Å²) in [6.45, 7) is 2.52. The van der Waals surface area contributed by atoms with Gasteiger partial charge < -0.3 is 71.3 Å². The molecule has 0 aliphatic carbocycles. The summed E-state index contributed by atoms with van der Waals surface area (Å²) in [4.78, 5) is 118. The molecule has 3 atom stereocenters. The minimum absolute atomic E-state index is 0.0282. The zero-order valence-electron chi connectivity index (χ0n) is 43.0. The topological polar surface area (TPSA) is 361 Å². The van der Waals surface area contributed by atoms with E-state index in [4.69, 9.17) is 24.1 Å². The Morgan fingerprint density at radius 2 is 0.671 bits per heavy atom. The predicted octanol–water partition coefficient (Wildman–Crippen LogP) is 2.58. The maximum atomic E-state index is 12.4. The molecule has 0 fully saturated rings. The number of carboxylic acids is 4. The van der Waals surface area contributed by atoms with Crippen molar-refractivity contribution in [1.29, 1.82) is 0 Å². The van der Waals surface area contributed by atoms with Crippen LogP contribution in [-0.4, -0.2) is 170 Å². The molecule has 0 saturated heterocycles. The molecule has 0 radical (unpaired) electrons. The Kier molecular flexibility index (Phi) is 42.9. The number of hydrogen-bond acceptors (Lipinski definition) is 14. The molecule has 6 amide bonds. The average Bonchev–Trinajstić information content (AvgIpc) is 3.33. The van der Waals surface area contributed by atoms with Crippen LogP contribution in [0.25, 0.3) is 0 Å². The fraction of sp³-hybridized carbons (Fsp3) is 0.796. The van der Waals surface area contributed by atoms with Crippen LogP contribution in [0.15, 0.2) is 0 Å². The third-order valence-electron chi connectivity index (χ3n) is 11.1. The lowest BCUT2D eigenvalue weighted by atomic mass is 10.0. The van der Waals surface area contributed by atoms with Crippen LogP contribution >= 0.6 is 0 Å². The van der Waals surface area contributed by atoms with Crippen molar-refractivity contribution in [2.75, 3.05) is 72.5 Å². The first-order chi connectivity index (χ1) is 35.0. The summed E-state index contributed by atoms with van der Waals surface area (Å²) >= 11 is 0. The van der Waals surface area contributed by atoms with E-state index in [0.717, 1.165) is 64.2 Å². The molecule has 10 N–H and O–H groups in total. The fourth-order valence-electron chi connectivity index (χ4n) is 6.98. The van der Waals surface area contributed by atoms with Crippen molar-refractivity contribution in [3.05, 3.63) is 0 Å². The molecule has 0 bridgehead atoms. The first kappa shape index (κ1) is 67.5. The SMILES string of the molecule is CCCCNC(=O)CCC(NC(=O)CC[C@H](NC(=O)COCCOCCNC(=O)COCCOCCNC(=O)CCC(NC(=O)CCCCCCCCCCCCCCCCC(=O)O)C(=O)O)C(=O)O)C(=O)O. The van der Waals surface area contributed by atoms with Gasteiger partial charge in [0, 0.05) is 51.7 Å². The van der Waals surface area contributed by atoms with Crippen molar-refractivity contribution in [2.24, 2.45) is 0 Å². The van der Waals surface area contributed by atoms with Gasteiger partial charge in [0.05, 0.1) is 39.6 Å². The maximum absolute atomic E-state index is 12.4. The Balaban J connectivity index is 3.90. The van der Waals surface area contributed by atoms with E-state index in [1.165, 1.54) is 32.1 Å². The van der Waals surface area contributed by atoms with E-state index < -0.39 is 72.8 Å². The van der Waals surface area contributed by atoms with E-state index in [0.29, 0.717) is 13.0 Å². The molecular weight excluding hydrogens is 961 g/mol. The Bertz CT molecular complexity index is 1600. The molecule has 0 spiro atoms. The molecule has 0 aromatic rings. The van der Waals surface area contributed by atoms with E-state index in [1.54, 1.807) is 0 Å². The lowest BCUT2D eigenvalue weighted by Gasteiger charge is -2.17. The zero-order chi connectivity index (χ0) is 54.3. The summed E-state index contributed by atoms with van der Waals surface area (Å²) in [5, 5.41) is 52.0. The van der Waals surface area contributed by atoms with Gasteiger partial charge >= 0.3 is 23.9 Å². The Morgan fingerprint density at radius 3 is 1.08 bits per heavy atom. The Hall–Kier alpha value is -5.46. The van der Waals surface area contributed by atoms with E-state index in [2.05, 4.69) is 31.9 Å². The third-order valence-corrected chi connectivity index (χ3v) is 11.1. The molecule has 0 aliphatic heterocycles. The van der Waals surface area contributed by atoms with Gasteiger partial charge in [-0.1, -0.05) is 90.4 Å². The van der Waals surface area contributed by atoms with Gasteiger partial charge in [-0.25, -0.2) is 14.4 Å². The number of aliphatic carboxylic acids is 4. The number of carbonyl (C=O) groups is 10. The normalized spacial score (nSPS) is 12.2. The predicted molar refractivity (Wildman–Crippen MR) is 265 cm³/mol. The highest BCUT2D eigenvalue weighted by molar-refractivity contribution is 5.87. The van der Waals surface area contributed by atoms with Crippen molar-refractivity contribution in [3.8, 4) is 0 Å². The minimum atomic E-state index is -1.45. The van der Waals surface area contributed by atoms with Crippen LogP contribution in [0.5, 0.6) is 0 Å². The highest BCUT2D eigenvalue weighted by Gasteiger charge is 2.25. The molecule has 0 aliphatic rings. The monoisotopic (exact) mass is 1050 g/mol. The van der Waals surface area contributed by atoms with Crippen LogP contribution in [0.1, 0.15) is 161 Å². The highest BCUT2D eigenvalue weighted by atomic mass is 16.5. The first-order valence-corrected chi connectivity index (χ1v) is 25.9. The van der Waals surface area contributed by atoms with Crippen LogP contribution < -0.4 is 31.9 Å². The average molecular weight is 1050 g/mol. The van der Waals surface area contributed by atoms with Crippen molar-refractivity contribution in [1.82, 2.24) is 31.9 Å². The van der Waals surface area contributed by atoms with Gasteiger partial charge in [-0.15, -0.1) is 0 Å². The lowest BCUT2D eigenvalue weighted by molar-refractivity contribution is -0.144. The summed E-state index contributed by atoms with van der Waals surface area (Å²) in [6, 6.07) is -3.97. The van der Waals surface area contributed by atoms with Gasteiger partial charge in [0.1, 0.15) is 31.3 Å². The molecule has 0 heterocycles. The maximum Gasteiger partial charge on any atom is 0.326 e. The molecule has 73 heavy (non-hydrogen) atoms. The van der Waals surface area contributed by atoms with Gasteiger partial charge in [0.2, 0.25) is 35.4 Å². The third kappa shape index (κ3) is 43.8. The fourth-order valence-corrected chi connectivity index (χ4v) is 6.98. The largest absolute Gasteiger partial charge is 0.481 e. The van der Waals surface area contributed by atoms with Crippen LogP contribution in [0.2, 0.25) is 0 Å². The van der Waals surface area contributed by atoms with Crippen molar-refractivity contribution in [2.45, 2.75) is 179 Å². The minimum Gasteiger partial charge on any atom is -0.481 e. The number of hydrogen-bond donors (Lipinski definition) is 10. The van der Waals surface area contributed by atoms with Crippen LogP contribution in [0, 0.1) is 0 Å². The summed E-state index contributed by atoms with van der Waals surface area (Å²) in [5.41, 5.74) is 0. The van der Waals surface area contributed by atoms with E-state index >= 15 is 0 Å². The smallest absolute Gasteiger partial charge is 0.326 e. The Labute approximate surface area is 429 Å². The van der Waals surface area contributed by atoms with Gasteiger partial charge in [0.25, 0.3) is 0 Å². The molecule has 0 aromatic carbocycles. The highest BCUT2D eigenvalue weighted by Crippen LogP contribution is 2.14. The molecule has 0 aromatic heterocycles. The number of carboxylic acid groups (broad SMARTS) is 4. The number of rotatable bonds is 51. The standard InChI is InChI=1S/C49H86N6O18/c1-2-3-26-50-40(56)23-20-38(48(66)67)54-43(59)25-22-39(49(68)69)55-45(61)36-73-34-32-71-30-28-52-44(60)35-72-33-31-70-29-27-51-41(57)24-21-37(47(64)65)53-42(58)18-16-14-12-10-8-6-4-5-7-9-11-13-15-17-19-46(62)63/h37-39H,2-36H2,1H3,(H,50,56)(H,51,57)(H,52,60)(H,53,58)(H,54,59)(H,55,61)(H,62,63)(H,64,65)(H,66,67)(H,68,69)/t37?,38?,39-/m0/s1. The van der Waals surface area contributed by atoms with Crippen molar-refractivity contribution in [3.63, 3.8) is 0 Å². The summed E-state index contributed by atoms with van der Waals surface area (Å²) in [5.74, 6) is -7.72. The van der Waals surface area contributed by atoms with Crippen LogP contribution in [0.3, 0.4) is 0 Å². The number of carbonyl (C=O) groups excluding carboxylic acids is 6. The summed E-state index contributed by atoms with van der Waals surface area (Å²) < 4.78 is 21.2. The molecule has 0 rings (SSSR count). The van der Waals surface area contributed by atoms with Gasteiger partial charge in [-0.3, -0.25) is 33.6 Å². The van der Waals surface area contributed by atoms with E-state index in [1.807, 2.05) is 6.92 Å². The second-order valence-electron chi connectivity index (χ2n) is 17.6. The Morgan fingerprint density at radius 1 is 0.342 bits per heavy atom. The van der Waals surface area contributed by atoms with Crippen molar-refractivity contribution < 1.29 is 87.3 Å². The van der Waals surface area contributed by atoms with Crippen LogP contribution in [0.4, 0.5) is 0 Å². The molecule has 420 valence electrons. The second kappa shape index (κ2) is 46.3. The number of amides is 6. The van der Waals surface area contributed by atoms with E-state index in [-0.39, 0.29) is 122 Å². The van der Waals surface area contributed by atoms with Gasteiger partial charge in [0.15, 0.2) is 0 Å². The lowest BCUT2D eigenvalue weighted by Crippen LogP contribution is -2.45. The van der Waals surface area contributed by atoms with Gasteiger partial charge in [-0.05, 0) is 38.5 Å². The molecule has 24 heteroatoms. The second-order valence-corrected chi connectivity index (χ2v) is 17.6. The van der Waals surface area contributed by atoms with Crippen LogP contribution in [-0.2, 0) is 66.9 Å². The number of nitrogens with one attached hydrogen (secondary N) is 6. The summed E-state index contributed by atoms with van der Waals surface area (Å²) in [7, 11) is 0. The van der Waals surface area contributed by atoms with Crippen molar-refractivity contribution >= 4 is 59.3 Å². The number of unbranched alkanes of at least 4 members (excludes halogenated alkanes) is 14. The molecular formula is C49H86N6O18.